The second kappa shape index (κ2) is 9.24. The molecule has 2 aliphatic rings. The number of hydrogen-bond donors (Lipinski definition) is 1. The van der Waals surface area contributed by atoms with Crippen molar-refractivity contribution < 1.29 is 39.5 Å². The van der Waals surface area contributed by atoms with Gasteiger partial charge < -0.3 is 9.72 Å². The number of pyridine rings is 1. The van der Waals surface area contributed by atoms with Crippen molar-refractivity contribution in [2.24, 2.45) is 9.98 Å². The number of halogens is 6. The average Bonchev–Trinajstić information content (AvgIpc) is 2.78. The Balaban J connectivity index is 2.04. The number of aliphatic imine (C=N–C) groups is 2. The Kier molecular flexibility index (Phi) is 6.92. The molecule has 7 nitrogen and oxygen atoms in total. The number of aromatic nitrogens is 1. The highest BCUT2D eigenvalue weighted by Crippen LogP contribution is 2.35. The summed E-state index contributed by atoms with van der Waals surface area (Å²) < 4.78 is 106. The number of H-pyrrole nitrogens is 1. The van der Waals surface area contributed by atoms with Crippen molar-refractivity contribution in [1.29, 1.82) is 0 Å². The minimum atomic E-state index is -5.81. The van der Waals surface area contributed by atoms with E-state index in [9.17, 15) is 39.6 Å². The van der Waals surface area contributed by atoms with E-state index in [1.54, 1.807) is 0 Å². The molecule has 0 atom stereocenters. The van der Waals surface area contributed by atoms with E-state index in [0.717, 1.165) is 18.4 Å². The third-order valence-corrected chi connectivity index (χ3v) is 6.60. The molecule has 1 aliphatic carbocycles. The number of allylic oxidation sites excluding steroid dienone is 4. The van der Waals surface area contributed by atoms with Crippen LogP contribution in [0.3, 0.4) is 0 Å². The molecular formula is C20H17F6N3O4S. The summed E-state index contributed by atoms with van der Waals surface area (Å²) in [5, 5.41) is -0.213. The number of sulfone groups is 1. The molecule has 14 heteroatoms. The maximum absolute atomic E-state index is 13.3. The van der Waals surface area contributed by atoms with Crippen molar-refractivity contribution in [3.05, 3.63) is 51.0 Å². The Morgan fingerprint density at radius 1 is 1.18 bits per heavy atom. The highest BCUT2D eigenvalue weighted by molar-refractivity contribution is 7.91. The summed E-state index contributed by atoms with van der Waals surface area (Å²) in [7, 11) is -3.92. The van der Waals surface area contributed by atoms with Crippen molar-refractivity contribution in [2.45, 2.75) is 30.3 Å². The molecule has 2 heterocycles. The minimum absolute atomic E-state index is 0.00179. The fraction of sp³-hybridized carbons (Fsp3) is 0.350. The molecule has 0 aromatic carbocycles. The molecule has 0 unspecified atom stereocenters. The van der Waals surface area contributed by atoms with Crippen LogP contribution >= 0.6 is 0 Å². The van der Waals surface area contributed by atoms with Gasteiger partial charge >= 0.3 is 12.1 Å². The minimum Gasteiger partial charge on any atom is -0.470 e. The van der Waals surface area contributed by atoms with E-state index in [1.807, 2.05) is 0 Å². The van der Waals surface area contributed by atoms with Crippen molar-refractivity contribution in [1.82, 2.24) is 4.98 Å². The van der Waals surface area contributed by atoms with Crippen LogP contribution in [0.1, 0.15) is 13.3 Å². The van der Waals surface area contributed by atoms with Gasteiger partial charge in [-0.05, 0) is 30.2 Å². The predicted molar refractivity (Wildman–Crippen MR) is 112 cm³/mol. The molecule has 0 saturated carbocycles. The van der Waals surface area contributed by atoms with Crippen molar-refractivity contribution in [2.75, 3.05) is 18.9 Å². The molecular weight excluding hydrogens is 492 g/mol. The Labute approximate surface area is 188 Å². The Bertz CT molecular complexity index is 1400. The maximum Gasteiger partial charge on any atom is 0.456 e. The van der Waals surface area contributed by atoms with Gasteiger partial charge in [0.1, 0.15) is 5.83 Å². The van der Waals surface area contributed by atoms with Crippen LogP contribution in [0.4, 0.5) is 26.3 Å². The second-order valence-corrected chi connectivity index (χ2v) is 9.40. The highest BCUT2D eigenvalue weighted by Gasteiger charge is 2.58. The van der Waals surface area contributed by atoms with Gasteiger partial charge in [0.25, 0.3) is 5.56 Å². The van der Waals surface area contributed by atoms with Crippen molar-refractivity contribution in [3.63, 3.8) is 0 Å². The molecule has 0 bridgehead atoms. The molecule has 1 aliphatic heterocycles. The highest BCUT2D eigenvalue weighted by atomic mass is 32.2. The first-order valence-electron chi connectivity index (χ1n) is 9.67. The van der Waals surface area contributed by atoms with E-state index in [0.29, 0.717) is 5.57 Å². The summed E-state index contributed by atoms with van der Waals surface area (Å²) in [6.45, 7) is -1.11. The normalized spacial score (nSPS) is 20.2. The number of hydrogen-bond acceptors (Lipinski definition) is 6. The van der Waals surface area contributed by atoms with Crippen LogP contribution in [0, 0.1) is 0 Å². The van der Waals surface area contributed by atoms with E-state index in [2.05, 4.69) is 19.7 Å². The van der Waals surface area contributed by atoms with Crippen LogP contribution in [0.2, 0.25) is 0 Å². The van der Waals surface area contributed by atoms with Gasteiger partial charge in [-0.25, -0.2) is 17.8 Å². The molecule has 0 radical (unpaired) electrons. The van der Waals surface area contributed by atoms with Crippen LogP contribution in [-0.2, 0) is 14.6 Å². The molecule has 0 saturated heterocycles. The van der Waals surface area contributed by atoms with E-state index in [1.165, 1.54) is 19.1 Å². The summed E-state index contributed by atoms with van der Waals surface area (Å²) in [5.41, 5.74) is -0.405. The number of nitrogens with one attached hydrogen (secondary N) is 1. The summed E-state index contributed by atoms with van der Waals surface area (Å²) in [5.74, 6) is -6.58. The van der Waals surface area contributed by atoms with E-state index in [4.69, 9.17) is 0 Å². The zero-order valence-electron chi connectivity index (χ0n) is 17.4. The van der Waals surface area contributed by atoms with Gasteiger partial charge in [-0.15, -0.1) is 0 Å². The van der Waals surface area contributed by atoms with E-state index >= 15 is 0 Å². The molecule has 34 heavy (non-hydrogen) atoms. The zero-order valence-corrected chi connectivity index (χ0v) is 18.2. The monoisotopic (exact) mass is 509 g/mol. The Hall–Kier alpha value is -3.16. The maximum atomic E-state index is 13.3. The molecule has 184 valence electrons. The predicted octanol–water partition coefficient (Wildman–Crippen LogP) is 1.94. The lowest BCUT2D eigenvalue weighted by atomic mass is 10.0. The lowest BCUT2D eigenvalue weighted by molar-refractivity contribution is -0.290. The molecule has 1 N–H and O–H groups in total. The quantitative estimate of drug-likeness (QED) is 0.627. The lowest BCUT2D eigenvalue weighted by Crippen LogP contribution is -2.41. The topological polar surface area (TPSA) is 101 Å². The molecule has 3 rings (SSSR count). The van der Waals surface area contributed by atoms with Crippen molar-refractivity contribution >= 4 is 33.2 Å². The largest absolute Gasteiger partial charge is 0.470 e. The van der Waals surface area contributed by atoms with Gasteiger partial charge in [0.15, 0.2) is 16.4 Å². The Morgan fingerprint density at radius 3 is 2.41 bits per heavy atom. The number of ether oxygens (including phenoxy) is 1. The number of nitrogens with zero attached hydrogens (tertiary/aromatic N) is 2. The summed E-state index contributed by atoms with van der Waals surface area (Å²) in [6, 6.07) is 1.13. The Morgan fingerprint density at radius 2 is 1.88 bits per heavy atom. The van der Waals surface area contributed by atoms with Gasteiger partial charge in [-0.2, -0.15) is 22.0 Å². The van der Waals surface area contributed by atoms with Crippen molar-refractivity contribution in [3.8, 4) is 0 Å². The second-order valence-electron chi connectivity index (χ2n) is 7.16. The van der Waals surface area contributed by atoms with Gasteiger partial charge in [0.05, 0.1) is 34.5 Å². The average molecular weight is 509 g/mol. The number of aromatic amines is 1. The molecule has 0 amide bonds. The smallest absolute Gasteiger partial charge is 0.456 e. The van der Waals surface area contributed by atoms with Gasteiger partial charge in [-0.1, -0.05) is 13.0 Å². The molecule has 1 aromatic heterocycles. The fourth-order valence-electron chi connectivity index (χ4n) is 2.93. The zero-order chi connectivity index (χ0) is 25.3. The standard InChI is InChI=1S/C20H17F6N3O4S/c1-2-34(31,32)15-7-13(11-3-5-12(21)6-4-11)18(30)29-17(15)14-8-28-16(9-27-14)33-10-19(22,23)20(24,25)26/h3,5-7,9H,2,4,8,10H2,1H3,(H,29,30). The van der Waals surface area contributed by atoms with Crippen LogP contribution in [0.25, 0.3) is 11.3 Å². The first kappa shape index (κ1) is 25.5. The third-order valence-electron chi connectivity index (χ3n) is 4.85. The summed E-state index contributed by atoms with van der Waals surface area (Å²) in [6.07, 6.45) is -1.33. The summed E-state index contributed by atoms with van der Waals surface area (Å²) in [4.78, 5) is 22.3. The molecule has 0 spiro atoms. The first-order chi connectivity index (χ1) is 15.7. The summed E-state index contributed by atoms with van der Waals surface area (Å²) >= 11 is 0. The molecule has 0 fully saturated rings. The fourth-order valence-corrected chi connectivity index (χ4v) is 4.02. The van der Waals surface area contributed by atoms with Crippen LogP contribution < -0.4 is 16.1 Å². The molecule has 1 aromatic rings. The van der Waals surface area contributed by atoms with Crippen LogP contribution in [0.15, 0.2) is 49.8 Å². The van der Waals surface area contributed by atoms with Gasteiger partial charge in [0, 0.05) is 5.22 Å². The number of rotatable bonds is 4. The SMILES string of the molecule is CCS(=O)(=O)c1cc(=C2C=CC(F)=CC2)c(=O)[nH]c1=C1CN=C(OCC(F)(F)C(F)(F)F)C=N1. The third kappa shape index (κ3) is 5.32. The van der Waals surface area contributed by atoms with E-state index in [-0.39, 0.29) is 33.3 Å². The van der Waals surface area contributed by atoms with Crippen LogP contribution in [0.5, 0.6) is 0 Å². The van der Waals surface area contributed by atoms with Crippen LogP contribution in [-0.4, -0.2) is 56.5 Å². The van der Waals surface area contributed by atoms with E-state index < -0.39 is 52.4 Å². The van der Waals surface area contributed by atoms with Gasteiger partial charge in [0.2, 0.25) is 5.90 Å². The number of alkyl halides is 5. The first-order valence-corrected chi connectivity index (χ1v) is 11.3. The van der Waals surface area contributed by atoms with Gasteiger partial charge in [-0.3, -0.25) is 9.79 Å². The lowest BCUT2D eigenvalue weighted by Gasteiger charge is -2.20.